The van der Waals surface area contributed by atoms with E-state index in [1.54, 1.807) is 6.20 Å². The van der Waals surface area contributed by atoms with Crippen molar-refractivity contribution >= 4 is 11.8 Å². The van der Waals surface area contributed by atoms with Crippen LogP contribution in [0.1, 0.15) is 12.5 Å². The molecule has 2 heterocycles. The number of carbonyl (C=O) groups excluding carboxylic acids is 1. The number of aromatic nitrogens is 1. The first kappa shape index (κ1) is 17.5. The van der Waals surface area contributed by atoms with Gasteiger partial charge in [0.2, 0.25) is 0 Å². The van der Waals surface area contributed by atoms with Crippen LogP contribution in [0.25, 0.3) is 0 Å². The van der Waals surface area contributed by atoms with Crippen LogP contribution in [0, 0.1) is 0 Å². The summed E-state index contributed by atoms with van der Waals surface area (Å²) in [5, 5.41) is 5.81. The average Bonchev–Trinajstić information content (AvgIpc) is 2.58. The number of urea groups is 1. The molecule has 1 aromatic rings. The van der Waals surface area contributed by atoms with Crippen molar-refractivity contribution in [1.29, 1.82) is 0 Å². The average molecular weight is 321 g/mol. The lowest BCUT2D eigenvalue weighted by molar-refractivity contribution is 0.0209. The Kier molecular flexibility index (Phi) is 6.61. The van der Waals surface area contributed by atoms with Gasteiger partial charge in [-0.25, -0.2) is 9.78 Å². The SMILES string of the molecule is C[C@@H](CNC(=O)NCc1ccnc(N(C)C)c1)N1CCOCC1. The van der Waals surface area contributed by atoms with Crippen molar-refractivity contribution in [1.82, 2.24) is 20.5 Å². The first-order valence-corrected chi connectivity index (χ1v) is 8.02. The van der Waals surface area contributed by atoms with Crippen molar-refractivity contribution < 1.29 is 9.53 Å². The molecule has 23 heavy (non-hydrogen) atoms. The number of pyridine rings is 1. The van der Waals surface area contributed by atoms with Crippen LogP contribution in [0.15, 0.2) is 18.3 Å². The van der Waals surface area contributed by atoms with E-state index < -0.39 is 0 Å². The molecule has 2 N–H and O–H groups in total. The zero-order chi connectivity index (χ0) is 16.7. The molecule has 1 aliphatic rings. The van der Waals surface area contributed by atoms with Crippen LogP contribution < -0.4 is 15.5 Å². The standard InChI is InChI=1S/C16H27N5O2/c1-13(21-6-8-23-9-7-21)11-18-16(22)19-12-14-4-5-17-15(10-14)20(2)3/h4-5,10,13H,6-9,11-12H2,1-3H3,(H2,18,19,22)/t13-/m0/s1. The number of hydrogen-bond donors (Lipinski definition) is 2. The molecule has 0 unspecified atom stereocenters. The fraction of sp³-hybridized carbons (Fsp3) is 0.625. The van der Waals surface area contributed by atoms with Gasteiger partial charge >= 0.3 is 6.03 Å². The highest BCUT2D eigenvalue weighted by Gasteiger charge is 2.17. The molecule has 0 spiro atoms. The third-order valence-electron chi connectivity index (χ3n) is 3.95. The number of nitrogens with one attached hydrogen (secondary N) is 2. The first-order valence-electron chi connectivity index (χ1n) is 8.02. The van der Waals surface area contributed by atoms with Gasteiger partial charge in [-0.1, -0.05) is 0 Å². The van der Waals surface area contributed by atoms with E-state index in [2.05, 4.69) is 27.4 Å². The minimum atomic E-state index is -0.145. The predicted molar refractivity (Wildman–Crippen MR) is 90.7 cm³/mol. The smallest absolute Gasteiger partial charge is 0.315 e. The van der Waals surface area contributed by atoms with Crippen LogP contribution in [-0.4, -0.2) is 68.9 Å². The number of carbonyl (C=O) groups is 1. The number of anilines is 1. The molecule has 0 saturated carbocycles. The number of hydrogen-bond acceptors (Lipinski definition) is 5. The predicted octanol–water partition coefficient (Wildman–Crippen LogP) is 0.668. The Balaban J connectivity index is 1.71. The number of morpholine rings is 1. The number of amides is 2. The molecule has 0 aliphatic carbocycles. The van der Waals surface area contributed by atoms with Gasteiger partial charge in [-0.15, -0.1) is 0 Å². The molecule has 0 bridgehead atoms. The normalized spacial score (nSPS) is 16.7. The summed E-state index contributed by atoms with van der Waals surface area (Å²) in [7, 11) is 3.89. The summed E-state index contributed by atoms with van der Waals surface area (Å²) in [5.41, 5.74) is 1.03. The Labute approximate surface area is 138 Å². The van der Waals surface area contributed by atoms with Crippen LogP contribution >= 0.6 is 0 Å². The Morgan fingerprint density at radius 1 is 1.39 bits per heavy atom. The van der Waals surface area contributed by atoms with Crippen LogP contribution in [0.2, 0.25) is 0 Å². The molecule has 1 atom stereocenters. The molecule has 0 aromatic carbocycles. The monoisotopic (exact) mass is 321 g/mol. The highest BCUT2D eigenvalue weighted by molar-refractivity contribution is 5.73. The third-order valence-corrected chi connectivity index (χ3v) is 3.95. The van der Waals surface area contributed by atoms with Crippen molar-refractivity contribution in [3.05, 3.63) is 23.9 Å². The summed E-state index contributed by atoms with van der Waals surface area (Å²) in [5.74, 6) is 0.880. The second kappa shape index (κ2) is 8.69. The molecule has 1 saturated heterocycles. The van der Waals surface area contributed by atoms with Gasteiger partial charge in [0.25, 0.3) is 0 Å². The summed E-state index contributed by atoms with van der Waals surface area (Å²) < 4.78 is 5.34. The number of nitrogens with zero attached hydrogens (tertiary/aromatic N) is 3. The number of ether oxygens (including phenoxy) is 1. The van der Waals surface area contributed by atoms with E-state index in [4.69, 9.17) is 4.74 Å². The maximum atomic E-state index is 11.9. The first-order chi connectivity index (χ1) is 11.1. The van der Waals surface area contributed by atoms with Gasteiger partial charge in [-0.05, 0) is 24.6 Å². The van der Waals surface area contributed by atoms with Gasteiger partial charge in [0.1, 0.15) is 5.82 Å². The van der Waals surface area contributed by atoms with Gasteiger partial charge in [0.15, 0.2) is 0 Å². The van der Waals surface area contributed by atoms with E-state index in [1.165, 1.54) is 0 Å². The summed E-state index contributed by atoms with van der Waals surface area (Å²) in [4.78, 5) is 20.5. The maximum Gasteiger partial charge on any atom is 0.315 e. The van der Waals surface area contributed by atoms with Gasteiger partial charge in [-0.3, -0.25) is 4.90 Å². The third kappa shape index (κ3) is 5.69. The lowest BCUT2D eigenvalue weighted by atomic mass is 10.2. The number of rotatable bonds is 6. The summed E-state index contributed by atoms with van der Waals surface area (Å²) >= 11 is 0. The van der Waals surface area contributed by atoms with Crippen LogP contribution in [-0.2, 0) is 11.3 Å². The maximum absolute atomic E-state index is 11.9. The summed E-state index contributed by atoms with van der Waals surface area (Å²) in [6.45, 7) is 6.63. The van der Waals surface area contributed by atoms with Crippen molar-refractivity contribution in [3.8, 4) is 0 Å². The zero-order valence-corrected chi connectivity index (χ0v) is 14.2. The van der Waals surface area contributed by atoms with E-state index in [-0.39, 0.29) is 6.03 Å². The summed E-state index contributed by atoms with van der Waals surface area (Å²) in [6, 6.07) is 4.04. The lowest BCUT2D eigenvalue weighted by Crippen LogP contribution is -2.48. The molecular formula is C16H27N5O2. The van der Waals surface area contributed by atoms with Gasteiger partial charge in [-0.2, -0.15) is 0 Å². The topological polar surface area (TPSA) is 69.7 Å². The molecule has 7 heteroatoms. The Hall–Kier alpha value is -1.86. The minimum absolute atomic E-state index is 0.145. The molecule has 1 fully saturated rings. The second-order valence-electron chi connectivity index (χ2n) is 5.98. The zero-order valence-electron chi connectivity index (χ0n) is 14.2. The highest BCUT2D eigenvalue weighted by atomic mass is 16.5. The highest BCUT2D eigenvalue weighted by Crippen LogP contribution is 2.09. The Bertz CT molecular complexity index is 503. The fourth-order valence-corrected chi connectivity index (χ4v) is 2.45. The van der Waals surface area contributed by atoms with Gasteiger partial charge in [0.05, 0.1) is 13.2 Å². The molecule has 1 aliphatic heterocycles. The van der Waals surface area contributed by atoms with Crippen molar-refractivity contribution in [2.24, 2.45) is 0 Å². The largest absolute Gasteiger partial charge is 0.379 e. The van der Waals surface area contributed by atoms with Gasteiger partial charge < -0.3 is 20.3 Å². The molecule has 0 radical (unpaired) electrons. The van der Waals surface area contributed by atoms with E-state index in [1.807, 2.05) is 31.1 Å². The second-order valence-corrected chi connectivity index (χ2v) is 5.98. The molecule has 7 nitrogen and oxygen atoms in total. The van der Waals surface area contributed by atoms with Crippen LogP contribution in [0.4, 0.5) is 10.6 Å². The summed E-state index contributed by atoms with van der Waals surface area (Å²) in [6.07, 6.45) is 1.75. The van der Waals surface area contributed by atoms with Crippen LogP contribution in [0.5, 0.6) is 0 Å². The molecule has 2 amide bonds. The minimum Gasteiger partial charge on any atom is -0.379 e. The van der Waals surface area contributed by atoms with Gasteiger partial charge in [0, 0.05) is 52.5 Å². The van der Waals surface area contributed by atoms with E-state index in [9.17, 15) is 4.79 Å². The Morgan fingerprint density at radius 2 is 2.13 bits per heavy atom. The lowest BCUT2D eigenvalue weighted by Gasteiger charge is -2.32. The van der Waals surface area contributed by atoms with E-state index in [0.717, 1.165) is 37.7 Å². The van der Waals surface area contributed by atoms with Crippen LogP contribution in [0.3, 0.4) is 0 Å². The van der Waals surface area contributed by atoms with Crippen molar-refractivity contribution in [2.75, 3.05) is 51.8 Å². The fourth-order valence-electron chi connectivity index (χ4n) is 2.45. The van der Waals surface area contributed by atoms with E-state index in [0.29, 0.717) is 19.1 Å². The quantitative estimate of drug-likeness (QED) is 0.806. The molecular weight excluding hydrogens is 294 g/mol. The molecule has 1 aromatic heterocycles. The van der Waals surface area contributed by atoms with E-state index >= 15 is 0 Å². The van der Waals surface area contributed by atoms with Crippen molar-refractivity contribution in [3.63, 3.8) is 0 Å². The molecule has 128 valence electrons. The molecule has 2 rings (SSSR count). The van der Waals surface area contributed by atoms with Crippen molar-refractivity contribution in [2.45, 2.75) is 19.5 Å². The Morgan fingerprint density at radius 3 is 2.83 bits per heavy atom.